The van der Waals surface area contributed by atoms with Crippen LogP contribution in [0, 0.1) is 6.92 Å². The Morgan fingerprint density at radius 1 is 0.912 bits per heavy atom. The Morgan fingerprint density at radius 3 is 2.41 bits per heavy atom. The van der Waals surface area contributed by atoms with Gasteiger partial charge in [-0.25, -0.2) is 0 Å². The van der Waals surface area contributed by atoms with Gasteiger partial charge in [-0.2, -0.15) is 4.98 Å². The van der Waals surface area contributed by atoms with Crippen molar-refractivity contribution in [3.05, 3.63) is 90.3 Å². The topological polar surface area (TPSA) is 78.9 Å². The molecule has 0 N–H and O–H groups in total. The smallest absolute Gasteiger partial charge is 0.240 e. The molecule has 1 unspecified atom stereocenters. The van der Waals surface area contributed by atoms with Crippen LogP contribution < -0.4 is 4.74 Å². The summed E-state index contributed by atoms with van der Waals surface area (Å²) in [6.45, 7) is 4.08. The van der Waals surface area contributed by atoms with Crippen LogP contribution in [0.15, 0.2) is 88.5 Å². The number of thioether (sulfide) groups is 1. The van der Waals surface area contributed by atoms with E-state index in [9.17, 15) is 0 Å². The Morgan fingerprint density at radius 2 is 1.65 bits per heavy atom. The van der Waals surface area contributed by atoms with Crippen molar-refractivity contribution in [2.75, 3.05) is 7.11 Å². The second-order valence-electron chi connectivity index (χ2n) is 7.76. The number of aryl methyl sites for hydroxylation is 1. The fourth-order valence-corrected chi connectivity index (χ4v) is 4.49. The largest absolute Gasteiger partial charge is 0.496 e. The maximum atomic E-state index is 5.59. The highest BCUT2D eigenvalue weighted by molar-refractivity contribution is 7.99. The second kappa shape index (κ2) is 9.52. The van der Waals surface area contributed by atoms with Crippen LogP contribution in [0.1, 0.15) is 23.6 Å². The zero-order valence-electron chi connectivity index (χ0n) is 19.0. The molecular weight excluding hydrogens is 446 g/mol. The molecule has 34 heavy (non-hydrogen) atoms. The first kappa shape index (κ1) is 21.9. The fourth-order valence-electron chi connectivity index (χ4n) is 3.59. The molecule has 0 spiro atoms. The molecule has 7 nitrogen and oxygen atoms in total. The molecule has 0 saturated carbocycles. The average Bonchev–Trinajstić information content (AvgIpc) is 3.53. The van der Waals surface area contributed by atoms with E-state index >= 15 is 0 Å². The van der Waals surface area contributed by atoms with Crippen molar-refractivity contribution >= 4 is 11.8 Å². The molecule has 8 heteroatoms. The SMILES string of the molecule is COc1ccccc1-c1nnc(SC(C)c2nc(-c3ccccc3)no2)n1-c1ccc(C)cc1. The average molecular weight is 470 g/mol. The van der Waals surface area contributed by atoms with Crippen LogP contribution >= 0.6 is 11.8 Å². The molecular formula is C26H23N5O2S. The van der Waals surface area contributed by atoms with Gasteiger partial charge in [-0.15, -0.1) is 10.2 Å². The molecule has 0 aliphatic heterocycles. The van der Waals surface area contributed by atoms with Crippen molar-refractivity contribution in [3.63, 3.8) is 0 Å². The summed E-state index contributed by atoms with van der Waals surface area (Å²) in [5.41, 5.74) is 3.91. The number of hydrogen-bond donors (Lipinski definition) is 0. The van der Waals surface area contributed by atoms with Crippen LogP contribution in [-0.2, 0) is 0 Å². The number of nitrogens with zero attached hydrogens (tertiary/aromatic N) is 5. The number of benzene rings is 3. The zero-order valence-corrected chi connectivity index (χ0v) is 19.9. The van der Waals surface area contributed by atoms with E-state index in [4.69, 9.17) is 9.26 Å². The first-order valence-electron chi connectivity index (χ1n) is 10.9. The van der Waals surface area contributed by atoms with Gasteiger partial charge in [0.05, 0.1) is 17.9 Å². The third-order valence-corrected chi connectivity index (χ3v) is 6.41. The van der Waals surface area contributed by atoms with Gasteiger partial charge in [0.2, 0.25) is 11.7 Å². The van der Waals surface area contributed by atoms with Gasteiger partial charge in [0.15, 0.2) is 11.0 Å². The summed E-state index contributed by atoms with van der Waals surface area (Å²) in [6, 6.07) is 25.8. The highest BCUT2D eigenvalue weighted by atomic mass is 32.2. The third-order valence-electron chi connectivity index (χ3n) is 5.38. The molecule has 170 valence electrons. The minimum absolute atomic E-state index is 0.135. The van der Waals surface area contributed by atoms with Crippen LogP contribution in [0.2, 0.25) is 0 Å². The standard InChI is InChI=1S/C26H23N5O2S/c1-17-13-15-20(16-14-17)31-24(21-11-7-8-12-22(21)32-3)28-29-26(31)34-18(2)25-27-23(30-33-25)19-9-5-4-6-10-19/h4-16,18H,1-3H3. The minimum Gasteiger partial charge on any atom is -0.496 e. The van der Waals surface area contributed by atoms with Gasteiger partial charge in [-0.3, -0.25) is 4.57 Å². The monoisotopic (exact) mass is 469 g/mol. The van der Waals surface area contributed by atoms with Gasteiger partial charge < -0.3 is 9.26 Å². The molecule has 1 atom stereocenters. The predicted molar refractivity (Wildman–Crippen MR) is 132 cm³/mol. The van der Waals surface area contributed by atoms with E-state index in [1.165, 1.54) is 17.3 Å². The molecule has 5 rings (SSSR count). The Balaban J connectivity index is 1.52. The summed E-state index contributed by atoms with van der Waals surface area (Å²) in [6.07, 6.45) is 0. The fraction of sp³-hybridized carbons (Fsp3) is 0.154. The van der Waals surface area contributed by atoms with E-state index in [2.05, 4.69) is 51.5 Å². The van der Waals surface area contributed by atoms with E-state index < -0.39 is 0 Å². The molecule has 5 aromatic rings. The Hall–Kier alpha value is -3.91. The van der Waals surface area contributed by atoms with Crippen molar-refractivity contribution in [1.29, 1.82) is 0 Å². The normalized spacial score (nSPS) is 12.0. The Bertz CT molecular complexity index is 1400. The zero-order chi connectivity index (χ0) is 23.5. The number of aromatic nitrogens is 5. The lowest BCUT2D eigenvalue weighted by Gasteiger charge is -2.13. The van der Waals surface area contributed by atoms with E-state index in [1.807, 2.05) is 66.1 Å². The highest BCUT2D eigenvalue weighted by Gasteiger charge is 2.23. The summed E-state index contributed by atoms with van der Waals surface area (Å²) in [4.78, 5) is 4.61. The Kier molecular flexibility index (Phi) is 6.14. The van der Waals surface area contributed by atoms with Crippen molar-refractivity contribution < 1.29 is 9.26 Å². The lowest BCUT2D eigenvalue weighted by atomic mass is 10.1. The maximum absolute atomic E-state index is 5.59. The minimum atomic E-state index is -0.135. The van der Waals surface area contributed by atoms with Crippen LogP contribution in [0.25, 0.3) is 28.5 Å². The number of ether oxygens (including phenoxy) is 1. The molecule has 0 fully saturated rings. The summed E-state index contributed by atoms with van der Waals surface area (Å²) in [5, 5.41) is 13.8. The van der Waals surface area contributed by atoms with Crippen LogP contribution in [-0.4, -0.2) is 32.0 Å². The van der Waals surface area contributed by atoms with Crippen LogP contribution in [0.5, 0.6) is 5.75 Å². The summed E-state index contributed by atoms with van der Waals surface area (Å²) in [7, 11) is 1.66. The number of methoxy groups -OCH3 is 1. The van der Waals surface area contributed by atoms with Gasteiger partial charge in [0.1, 0.15) is 5.75 Å². The molecule has 0 aliphatic carbocycles. The van der Waals surface area contributed by atoms with Gasteiger partial charge in [0.25, 0.3) is 0 Å². The summed E-state index contributed by atoms with van der Waals surface area (Å²) < 4.78 is 13.2. The number of para-hydroxylation sites is 1. The van der Waals surface area contributed by atoms with Crippen molar-refractivity contribution in [2.24, 2.45) is 0 Å². The van der Waals surface area contributed by atoms with Gasteiger partial charge in [-0.1, -0.05) is 77.1 Å². The number of hydrogen-bond acceptors (Lipinski definition) is 7. The molecule has 0 bridgehead atoms. The summed E-state index contributed by atoms with van der Waals surface area (Å²) >= 11 is 1.51. The first-order chi connectivity index (χ1) is 16.6. The van der Waals surface area contributed by atoms with Gasteiger partial charge in [0, 0.05) is 11.3 Å². The molecule has 2 heterocycles. The second-order valence-corrected chi connectivity index (χ2v) is 9.07. The molecule has 2 aromatic heterocycles. The maximum Gasteiger partial charge on any atom is 0.240 e. The van der Waals surface area contributed by atoms with E-state index in [-0.39, 0.29) is 5.25 Å². The molecule has 0 aliphatic rings. The van der Waals surface area contributed by atoms with Crippen molar-refractivity contribution in [3.8, 4) is 34.2 Å². The van der Waals surface area contributed by atoms with E-state index in [0.717, 1.165) is 27.7 Å². The lowest BCUT2D eigenvalue weighted by Crippen LogP contribution is -2.02. The van der Waals surface area contributed by atoms with Crippen LogP contribution in [0.4, 0.5) is 0 Å². The van der Waals surface area contributed by atoms with Crippen molar-refractivity contribution in [1.82, 2.24) is 24.9 Å². The van der Waals surface area contributed by atoms with Crippen LogP contribution in [0.3, 0.4) is 0 Å². The number of rotatable bonds is 7. The quantitative estimate of drug-likeness (QED) is 0.264. The molecule has 0 amide bonds. The molecule has 0 saturated heterocycles. The summed E-state index contributed by atoms with van der Waals surface area (Å²) in [5.74, 6) is 2.53. The molecule has 0 radical (unpaired) electrons. The first-order valence-corrected chi connectivity index (χ1v) is 11.7. The third kappa shape index (κ3) is 4.32. The van der Waals surface area contributed by atoms with E-state index in [0.29, 0.717) is 17.5 Å². The van der Waals surface area contributed by atoms with E-state index in [1.54, 1.807) is 7.11 Å². The van der Waals surface area contributed by atoms with Crippen molar-refractivity contribution in [2.45, 2.75) is 24.3 Å². The lowest BCUT2D eigenvalue weighted by molar-refractivity contribution is 0.380. The van der Waals surface area contributed by atoms with Gasteiger partial charge >= 0.3 is 0 Å². The molecule has 3 aromatic carbocycles. The van der Waals surface area contributed by atoms with Gasteiger partial charge in [-0.05, 0) is 38.1 Å². The Labute approximate surface area is 201 Å². The predicted octanol–water partition coefficient (Wildman–Crippen LogP) is 6.15. The highest BCUT2D eigenvalue weighted by Crippen LogP contribution is 2.38.